The van der Waals surface area contributed by atoms with Gasteiger partial charge in [0.2, 0.25) is 22.9 Å². The van der Waals surface area contributed by atoms with Crippen molar-refractivity contribution >= 4 is 111 Å². The number of anilines is 4. The molecule has 5 aromatic carbocycles. The summed E-state index contributed by atoms with van der Waals surface area (Å²) in [4.78, 5) is 25.3. The number of benzene rings is 5. The lowest BCUT2D eigenvalue weighted by molar-refractivity contribution is -0.744. The zero-order chi connectivity index (χ0) is 104. The fourth-order valence-electron chi connectivity index (χ4n) is 19.6. The van der Waals surface area contributed by atoms with E-state index >= 15 is 0 Å². The number of hydrogen-bond donors (Lipinski definition) is 0. The Hall–Kier alpha value is -9.69. The molecule has 0 spiro atoms. The molecule has 6 fully saturated rings. The van der Waals surface area contributed by atoms with Gasteiger partial charge in [0.05, 0.1) is 28.9 Å². The Bertz CT molecular complexity index is 6860. The van der Waals surface area contributed by atoms with Crippen molar-refractivity contribution < 1.29 is 49.8 Å². The van der Waals surface area contributed by atoms with E-state index in [0.29, 0.717) is 45.4 Å². The van der Waals surface area contributed by atoms with Gasteiger partial charge in [0.15, 0.2) is 35.6 Å². The van der Waals surface area contributed by atoms with Gasteiger partial charge in [-0.25, -0.2) is 19.9 Å². The molecule has 122 heavy (non-hydrogen) atoms. The third-order valence-electron chi connectivity index (χ3n) is 25.9. The minimum atomic E-state index is -3.10. The molecular weight excluding hydrogens is 1500 g/mol. The first-order valence-corrected chi connectivity index (χ1v) is 43.9. The summed E-state index contributed by atoms with van der Waals surface area (Å²) in [6.07, 6.45) is 17.6. The molecule has 0 N–H and O–H groups in total. The van der Waals surface area contributed by atoms with Crippen LogP contribution in [0.3, 0.4) is 0 Å². The molecule has 4 aliphatic heterocycles. The van der Waals surface area contributed by atoms with Gasteiger partial charge < -0.3 is 37.3 Å². The Morgan fingerprint density at radius 3 is 0.992 bits per heavy atom. The molecule has 6 unspecified atom stereocenters. The second-order valence-electron chi connectivity index (χ2n) is 36.9. The third kappa shape index (κ3) is 17.6. The van der Waals surface area contributed by atoms with Gasteiger partial charge in [-0.3, -0.25) is 0 Å². The average Bonchev–Trinajstić information content (AvgIpc) is 1.50. The Balaban J connectivity index is 0.000000147. The molecule has 14 nitrogen and oxygen atoms in total. The number of furan rings is 4. The van der Waals surface area contributed by atoms with Gasteiger partial charge in [-0.05, 0) is 262 Å². The summed E-state index contributed by atoms with van der Waals surface area (Å²) < 4.78 is 198. The second kappa shape index (κ2) is 35.5. The lowest BCUT2D eigenvalue weighted by Crippen LogP contribution is -2.43. The van der Waals surface area contributed by atoms with Crippen LogP contribution >= 0.6 is 0 Å². The van der Waals surface area contributed by atoms with E-state index in [-0.39, 0.29) is 31.3 Å². The molecule has 9 aromatic heterocycles. The minimum Gasteiger partial charge on any atom is -0.436 e. The van der Waals surface area contributed by atoms with Crippen LogP contribution in [-0.2, 0) is 7.05 Å². The maximum absolute atomic E-state index is 8.99. The number of fused-ring (bicyclic) bond motifs is 12. The average molecular weight is 1670 g/mol. The van der Waals surface area contributed by atoms with Crippen molar-refractivity contribution in [3.63, 3.8) is 0 Å². The highest BCUT2D eigenvalue weighted by molar-refractivity contribution is 6.12. The number of rotatable bonds is 5. The van der Waals surface area contributed by atoms with E-state index in [0.717, 1.165) is 99.3 Å². The van der Waals surface area contributed by atoms with E-state index in [1.165, 1.54) is 102 Å². The van der Waals surface area contributed by atoms with Crippen molar-refractivity contribution in [1.29, 1.82) is 0 Å². The Morgan fingerprint density at radius 1 is 0.369 bits per heavy atom. The molecule has 0 amide bonds. The number of hydrogen-bond acceptors (Lipinski definition) is 12. The zero-order valence-electron chi connectivity index (χ0n) is 95.5. The van der Waals surface area contributed by atoms with Crippen LogP contribution in [0.4, 0.5) is 22.7 Å². The van der Waals surface area contributed by atoms with E-state index in [9.17, 15) is 0 Å². The van der Waals surface area contributed by atoms with Crippen molar-refractivity contribution in [1.82, 2.24) is 24.6 Å². The van der Waals surface area contributed by atoms with Crippen molar-refractivity contribution in [2.75, 3.05) is 19.6 Å². The minimum absolute atomic E-state index is 0. The Morgan fingerprint density at radius 2 is 0.689 bits per heavy atom. The smallest absolute Gasteiger partial charge is 0.227 e. The molecule has 650 valence electrons. The summed E-state index contributed by atoms with van der Waals surface area (Å²) in [6, 6.07) is 39.4. The Labute approximate surface area is 757 Å². The summed E-state index contributed by atoms with van der Waals surface area (Å²) >= 11 is 0. The molecule has 20 rings (SSSR count). The molecule has 13 heterocycles. The number of nitrogens with zero attached hydrogens (tertiary/aromatic N) is 10. The molecule has 2 aliphatic carbocycles. The van der Waals surface area contributed by atoms with Gasteiger partial charge in [-0.2, -0.15) is 0 Å². The van der Waals surface area contributed by atoms with Crippen LogP contribution in [0.15, 0.2) is 170 Å². The molecular formula is C108H145N10O4+. The predicted octanol–water partition coefficient (Wildman–Crippen LogP) is 29.5. The molecule has 0 radical (unpaired) electrons. The van der Waals surface area contributed by atoms with E-state index in [2.05, 4.69) is 135 Å². The fraction of sp³-hybridized carbons (Fsp3) is 0.509. The van der Waals surface area contributed by atoms with Gasteiger partial charge in [0.25, 0.3) is 0 Å². The second-order valence-corrected chi connectivity index (χ2v) is 36.9. The fourth-order valence-corrected chi connectivity index (χ4v) is 19.6. The van der Waals surface area contributed by atoms with Crippen LogP contribution < -0.4 is 24.3 Å². The monoisotopic (exact) mass is 1670 g/mol. The lowest BCUT2D eigenvalue weighted by atomic mass is 9.82. The van der Waals surface area contributed by atoms with E-state index < -0.39 is 98.0 Å². The van der Waals surface area contributed by atoms with Gasteiger partial charge in [-0.1, -0.05) is 192 Å². The highest BCUT2D eigenvalue weighted by Crippen LogP contribution is 2.55. The Kier molecular flexibility index (Phi) is 19.4. The van der Waals surface area contributed by atoms with Crippen molar-refractivity contribution in [3.8, 4) is 5.69 Å². The van der Waals surface area contributed by atoms with Gasteiger partial charge in [0, 0.05) is 147 Å². The summed E-state index contributed by atoms with van der Waals surface area (Å²) in [5.41, 5.74) is 5.85. The first kappa shape index (κ1) is 66.8. The number of pyridine rings is 4. The summed E-state index contributed by atoms with van der Waals surface area (Å²) in [6.45, 7) is 26.8. The number of aromatic nitrogens is 6. The highest BCUT2D eigenvalue weighted by atomic mass is 16.4. The van der Waals surface area contributed by atoms with E-state index in [4.69, 9.17) is 45.1 Å². The maximum Gasteiger partial charge on any atom is 0.227 e. The third-order valence-corrected chi connectivity index (χ3v) is 25.9. The highest BCUT2D eigenvalue weighted by Gasteiger charge is 2.52. The van der Waals surface area contributed by atoms with Crippen LogP contribution in [0.1, 0.15) is 301 Å². The molecule has 0 bridgehead atoms. The van der Waals surface area contributed by atoms with Gasteiger partial charge in [-0.15, -0.1) is 9.36 Å². The first-order chi connectivity index (χ1) is 65.5. The summed E-state index contributed by atoms with van der Waals surface area (Å²) in [7, 11) is 2.03. The quantitative estimate of drug-likeness (QED) is 0.152. The predicted molar refractivity (Wildman–Crippen MR) is 517 cm³/mol. The number of para-hydroxylation sites is 1. The van der Waals surface area contributed by atoms with Crippen LogP contribution in [-0.4, -0.2) is 70.9 Å². The normalized spacial score (nSPS) is 26.1. The largest absolute Gasteiger partial charge is 0.436 e. The van der Waals surface area contributed by atoms with Crippen molar-refractivity contribution in [2.24, 2.45) is 29.7 Å². The molecule has 6 aliphatic rings. The maximum atomic E-state index is 8.99. The molecule has 6 atom stereocenters. The van der Waals surface area contributed by atoms with Gasteiger partial charge >= 0.3 is 0 Å². The molecule has 14 aromatic rings. The zero-order valence-corrected chi connectivity index (χ0v) is 75.5. The van der Waals surface area contributed by atoms with Crippen molar-refractivity contribution in [3.05, 3.63) is 191 Å². The molecule has 2 saturated carbocycles. The van der Waals surface area contributed by atoms with Crippen LogP contribution in [0, 0.1) is 71.1 Å². The van der Waals surface area contributed by atoms with E-state index in [1.807, 2.05) is 149 Å². The van der Waals surface area contributed by atoms with E-state index in [1.54, 1.807) is 56.0 Å². The molecule has 4 saturated heterocycles. The van der Waals surface area contributed by atoms with Crippen LogP contribution in [0.25, 0.3) is 94.0 Å². The van der Waals surface area contributed by atoms with Crippen molar-refractivity contribution in [2.45, 2.75) is 329 Å². The summed E-state index contributed by atoms with van der Waals surface area (Å²) in [5, 5.41) is 7.13. The van der Waals surface area contributed by atoms with Crippen LogP contribution in [0.2, 0.25) is 0 Å². The topological polar surface area (TPSA) is 126 Å². The standard InChI is InChI=1S/C22H28N2O.2C21H26N2O.C20H24N2O.C11H13N2.2C6H12.CH4/c1-13-8-10-16-17-11-9-14(2)23-20(17)25-19(16)18(13)24-15(3)21(4,5)12-22(24,6)7;1-12-7-9-16-17-10-8-14(3)22-20(17)24-19(16)18(12)23-15(4)13(2)11-21(23,5)6;1-13-9-10-15-16-8-7-11-22-19(16)24-18(15)17(13)23-14(2)20(3,4)12-21(23,5)6;1-12-8-9-15-16-7-6-10-21-19(16)23-18(15)17(12)22-14(3)13(2)11-20(22,4)5;1-10-6-3-4-7-11(10)13-9-5-8-12(13)2;2*1-2-4-6-5-3-1;/h8-11,15H,12H2,1-7H3;7-10,13,15H,11H2,1-6H3;7-11,14H,12H2,1-6H3;6-10,13-14H,11H2,1-5H3;3-9H,1-2H3;2*1-6H2;1H4/q;;;;+1;;;/i4D3,5D3,12D2;11D2;3D3,4D3,12D2;11D2;;;;. The van der Waals surface area contributed by atoms with Gasteiger partial charge in [0.1, 0.15) is 5.69 Å². The SMILES string of the molecule is C.C1CCCCC1.C1CCCCC1.Cc1ccccc1-n1ccc[n+]1C.[2H]C([2H])([2H])C1(C([2H])([2H])[2H])C(C)N(c2c(C)ccc3c2oc2nc(C)ccc23)C(C)(C)C1([2H])[2H].[2H]C([2H])([2H])C1(C([2H])([2H])[2H])C(C)N(c2c(C)ccc3c2oc2ncccc23)C(C)(C)C1([2H])[2H].[2H]C1([2H])C(C)C(C)N(c2c(C)ccc3c2oc2nc(C)ccc23)C1(C)C.[2H]C1([2H])C(C)C(C)N(c2c(C)ccc3c2oc2ncccc23)C1(C)C. The number of aryl methyl sites for hydroxylation is 8. The lowest BCUT2D eigenvalue weighted by Gasteiger charge is -2.38. The summed E-state index contributed by atoms with van der Waals surface area (Å²) in [5.74, 6) is -0.170. The first-order valence-electron chi connectivity index (χ1n) is 53.9. The van der Waals surface area contributed by atoms with Crippen LogP contribution in [0.5, 0.6) is 0 Å². The molecule has 14 heteroatoms.